The summed E-state index contributed by atoms with van der Waals surface area (Å²) in [6.45, 7) is 9.52. The molecule has 5 aromatic rings. The second-order valence-corrected chi connectivity index (χ2v) is 11.5. The standard InChI is InChI=1S/C27H27ClN6O2S/c1-15-25(37-16(2)31-15)17-7-8-21(20(28)9-17)32-24-11-23-18(12-29-24)10-22(19-13-30-33(6)14-19)34(23)26(35)36-27(3,4)5/h7-14H,1-6H3,(H,29,32). The van der Waals surface area contributed by atoms with Gasteiger partial charge in [0.05, 0.1) is 43.7 Å². The number of carbonyl (C=O) groups excluding carboxylic acids is 1. The smallest absolute Gasteiger partial charge is 0.419 e. The summed E-state index contributed by atoms with van der Waals surface area (Å²) in [6, 6.07) is 9.59. The third kappa shape index (κ3) is 5.10. The lowest BCUT2D eigenvalue weighted by molar-refractivity contribution is 0.0547. The van der Waals surface area contributed by atoms with Gasteiger partial charge >= 0.3 is 6.09 Å². The molecule has 0 amide bonds. The largest absolute Gasteiger partial charge is 0.443 e. The Hall–Kier alpha value is -3.69. The van der Waals surface area contributed by atoms with Gasteiger partial charge in [0.1, 0.15) is 11.4 Å². The highest BCUT2D eigenvalue weighted by atomic mass is 35.5. The molecule has 1 aromatic carbocycles. The fourth-order valence-electron chi connectivity index (χ4n) is 4.14. The highest BCUT2D eigenvalue weighted by Crippen LogP contribution is 2.36. The van der Waals surface area contributed by atoms with Crippen LogP contribution in [0.1, 0.15) is 31.5 Å². The van der Waals surface area contributed by atoms with Crippen molar-refractivity contribution in [2.45, 2.75) is 40.2 Å². The number of nitrogens with zero attached hydrogens (tertiary/aromatic N) is 5. The van der Waals surface area contributed by atoms with Crippen molar-refractivity contribution in [1.82, 2.24) is 24.3 Å². The van der Waals surface area contributed by atoms with Gasteiger partial charge in [0.2, 0.25) is 0 Å². The number of pyridine rings is 1. The number of benzene rings is 1. The monoisotopic (exact) mass is 534 g/mol. The van der Waals surface area contributed by atoms with E-state index in [-0.39, 0.29) is 0 Å². The van der Waals surface area contributed by atoms with Gasteiger partial charge in [0.25, 0.3) is 0 Å². The lowest BCUT2D eigenvalue weighted by Crippen LogP contribution is -2.27. The molecule has 4 aromatic heterocycles. The molecule has 1 N–H and O–H groups in total. The molecule has 5 rings (SSSR count). The number of fused-ring (bicyclic) bond motifs is 1. The molecular weight excluding hydrogens is 508 g/mol. The van der Waals surface area contributed by atoms with Crippen LogP contribution in [-0.2, 0) is 11.8 Å². The van der Waals surface area contributed by atoms with Crippen molar-refractivity contribution >= 4 is 51.4 Å². The first kappa shape index (κ1) is 25.0. The van der Waals surface area contributed by atoms with Crippen molar-refractivity contribution in [3.63, 3.8) is 0 Å². The molecule has 8 nitrogen and oxygen atoms in total. The van der Waals surface area contributed by atoms with Crippen molar-refractivity contribution in [3.8, 4) is 21.7 Å². The maximum absolute atomic E-state index is 13.3. The molecule has 0 aliphatic rings. The number of aromatic nitrogens is 5. The summed E-state index contributed by atoms with van der Waals surface area (Å²) < 4.78 is 8.99. The Morgan fingerprint density at radius 1 is 1.11 bits per heavy atom. The number of aryl methyl sites for hydroxylation is 3. The Morgan fingerprint density at radius 2 is 1.89 bits per heavy atom. The highest BCUT2D eigenvalue weighted by Gasteiger charge is 2.24. The first-order chi connectivity index (χ1) is 17.5. The molecule has 0 aliphatic heterocycles. The Labute approximate surface area is 223 Å². The van der Waals surface area contributed by atoms with E-state index in [1.54, 1.807) is 33.0 Å². The quantitative estimate of drug-likeness (QED) is 0.259. The van der Waals surface area contributed by atoms with E-state index in [1.165, 1.54) is 0 Å². The van der Waals surface area contributed by atoms with Gasteiger partial charge in [0, 0.05) is 36.5 Å². The van der Waals surface area contributed by atoms with Crippen LogP contribution < -0.4 is 5.32 Å². The number of ether oxygens (including phenoxy) is 1. The van der Waals surface area contributed by atoms with Crippen molar-refractivity contribution in [3.05, 3.63) is 64.6 Å². The van der Waals surface area contributed by atoms with Gasteiger partial charge in [-0.15, -0.1) is 11.3 Å². The van der Waals surface area contributed by atoms with Gasteiger partial charge in [0.15, 0.2) is 0 Å². The zero-order valence-electron chi connectivity index (χ0n) is 21.5. The minimum atomic E-state index is -0.655. The Bertz CT molecular complexity index is 1640. The summed E-state index contributed by atoms with van der Waals surface area (Å²) in [7, 11) is 1.83. The number of thiazole rings is 1. The molecule has 0 radical (unpaired) electrons. The number of hydrogen-bond acceptors (Lipinski definition) is 7. The van der Waals surface area contributed by atoms with E-state index in [2.05, 4.69) is 20.4 Å². The van der Waals surface area contributed by atoms with Crippen molar-refractivity contribution in [2.75, 3.05) is 5.32 Å². The van der Waals surface area contributed by atoms with Gasteiger partial charge < -0.3 is 10.1 Å². The molecule has 190 valence electrons. The van der Waals surface area contributed by atoms with Crippen molar-refractivity contribution in [1.29, 1.82) is 0 Å². The van der Waals surface area contributed by atoms with Crippen molar-refractivity contribution < 1.29 is 9.53 Å². The molecule has 0 spiro atoms. The van der Waals surface area contributed by atoms with Gasteiger partial charge in [-0.2, -0.15) is 5.10 Å². The highest BCUT2D eigenvalue weighted by molar-refractivity contribution is 7.15. The maximum Gasteiger partial charge on any atom is 0.419 e. The SMILES string of the molecule is Cc1nc(C)c(-c2ccc(Nc3cc4c(cn3)cc(-c3cnn(C)c3)n4C(=O)OC(C)(C)C)c(Cl)c2)s1. The van der Waals surface area contributed by atoms with Crippen LogP contribution in [0.15, 0.2) is 48.9 Å². The number of carbonyl (C=O) groups is 1. The third-order valence-electron chi connectivity index (χ3n) is 5.66. The molecule has 0 saturated carbocycles. The van der Waals surface area contributed by atoms with E-state index in [9.17, 15) is 4.79 Å². The molecule has 0 atom stereocenters. The van der Waals surface area contributed by atoms with E-state index in [4.69, 9.17) is 16.3 Å². The lowest BCUT2D eigenvalue weighted by atomic mass is 10.1. The average Bonchev–Trinajstić information content (AvgIpc) is 3.49. The van der Waals surface area contributed by atoms with E-state index in [0.717, 1.165) is 32.1 Å². The fourth-order valence-corrected chi connectivity index (χ4v) is 5.28. The first-order valence-corrected chi connectivity index (χ1v) is 12.9. The van der Waals surface area contributed by atoms with Crippen LogP contribution in [0.25, 0.3) is 32.6 Å². The van der Waals surface area contributed by atoms with Crippen molar-refractivity contribution in [2.24, 2.45) is 7.05 Å². The molecule has 0 bridgehead atoms. The van der Waals surface area contributed by atoms with E-state index < -0.39 is 11.7 Å². The predicted molar refractivity (Wildman–Crippen MR) is 149 cm³/mol. The van der Waals surface area contributed by atoms with Crippen LogP contribution in [-0.4, -0.2) is 36.0 Å². The summed E-state index contributed by atoms with van der Waals surface area (Å²) in [5, 5.41) is 9.93. The van der Waals surface area contributed by atoms with Gasteiger partial charge in [-0.3, -0.25) is 4.68 Å². The average molecular weight is 535 g/mol. The normalized spacial score (nSPS) is 11.8. The molecule has 0 saturated heterocycles. The minimum absolute atomic E-state index is 0.476. The van der Waals surface area contributed by atoms with Crippen LogP contribution in [0.2, 0.25) is 5.02 Å². The van der Waals surface area contributed by atoms with E-state index in [0.29, 0.717) is 27.7 Å². The molecule has 4 heterocycles. The van der Waals surface area contributed by atoms with Gasteiger partial charge in [-0.25, -0.2) is 19.3 Å². The number of nitrogens with one attached hydrogen (secondary N) is 1. The fraction of sp³-hybridized carbons (Fsp3) is 0.259. The number of halogens is 1. The van der Waals surface area contributed by atoms with Gasteiger partial charge in [-0.05, 0) is 58.4 Å². The second-order valence-electron chi connectivity index (χ2n) is 9.84. The molecule has 0 aliphatic carbocycles. The number of anilines is 2. The summed E-state index contributed by atoms with van der Waals surface area (Å²) in [5.41, 5.74) is 4.19. The Morgan fingerprint density at radius 3 is 2.51 bits per heavy atom. The summed E-state index contributed by atoms with van der Waals surface area (Å²) in [6.07, 6.45) is 4.82. The topological polar surface area (TPSA) is 86.9 Å². The number of rotatable bonds is 4. The van der Waals surface area contributed by atoms with Crippen LogP contribution in [0, 0.1) is 13.8 Å². The second kappa shape index (κ2) is 9.32. The maximum atomic E-state index is 13.3. The Balaban J connectivity index is 1.53. The zero-order chi connectivity index (χ0) is 26.5. The molecule has 0 unspecified atom stereocenters. The third-order valence-corrected chi connectivity index (χ3v) is 7.09. The zero-order valence-corrected chi connectivity index (χ0v) is 23.0. The summed E-state index contributed by atoms with van der Waals surface area (Å²) in [5.74, 6) is 0.549. The van der Waals surface area contributed by atoms with Crippen LogP contribution in [0.5, 0.6) is 0 Å². The summed E-state index contributed by atoms with van der Waals surface area (Å²) >= 11 is 8.30. The van der Waals surface area contributed by atoms with E-state index in [1.807, 2.05) is 78.2 Å². The number of hydrogen-bond donors (Lipinski definition) is 1. The van der Waals surface area contributed by atoms with Gasteiger partial charge in [-0.1, -0.05) is 17.7 Å². The summed E-state index contributed by atoms with van der Waals surface area (Å²) in [4.78, 5) is 23.5. The van der Waals surface area contributed by atoms with Crippen LogP contribution in [0.4, 0.5) is 16.3 Å². The molecule has 37 heavy (non-hydrogen) atoms. The minimum Gasteiger partial charge on any atom is -0.443 e. The van der Waals surface area contributed by atoms with E-state index >= 15 is 0 Å². The van der Waals surface area contributed by atoms with Crippen LogP contribution in [0.3, 0.4) is 0 Å². The first-order valence-electron chi connectivity index (χ1n) is 11.7. The molecule has 10 heteroatoms. The Kier molecular flexibility index (Phi) is 6.29. The molecular formula is C27H27ClN6O2S. The predicted octanol–water partition coefficient (Wildman–Crippen LogP) is 7.36. The lowest BCUT2D eigenvalue weighted by Gasteiger charge is -2.21. The molecule has 0 fully saturated rings. The van der Waals surface area contributed by atoms with Crippen LogP contribution >= 0.6 is 22.9 Å².